The summed E-state index contributed by atoms with van der Waals surface area (Å²) in [4.78, 5) is 2.71. The Labute approximate surface area is 129 Å². The van der Waals surface area contributed by atoms with Crippen LogP contribution >= 0.6 is 0 Å². The van der Waals surface area contributed by atoms with Crippen LogP contribution in [0.3, 0.4) is 0 Å². The van der Waals surface area contributed by atoms with Crippen LogP contribution in [0.4, 0.5) is 0 Å². The Balaban J connectivity index is 1.71. The van der Waals surface area contributed by atoms with Gasteiger partial charge in [-0.25, -0.2) is 0 Å². The fourth-order valence-corrected chi connectivity index (χ4v) is 4.04. The van der Waals surface area contributed by atoms with E-state index >= 15 is 0 Å². The van der Waals surface area contributed by atoms with Crippen LogP contribution in [0.2, 0.25) is 0 Å². The molecular formula is C19H30N2. The van der Waals surface area contributed by atoms with Gasteiger partial charge in [0.1, 0.15) is 0 Å². The van der Waals surface area contributed by atoms with Gasteiger partial charge in [-0.05, 0) is 50.3 Å². The third-order valence-corrected chi connectivity index (χ3v) is 5.57. The lowest BCUT2D eigenvalue weighted by Gasteiger charge is -2.35. The summed E-state index contributed by atoms with van der Waals surface area (Å²) in [5.41, 5.74) is 3.32. The molecule has 1 atom stereocenters. The van der Waals surface area contributed by atoms with Crippen LogP contribution in [0.15, 0.2) is 24.3 Å². The molecule has 1 aromatic carbocycles. The summed E-state index contributed by atoms with van der Waals surface area (Å²) in [6, 6.07) is 9.92. The van der Waals surface area contributed by atoms with E-state index in [0.717, 1.165) is 13.0 Å². The van der Waals surface area contributed by atoms with Crippen molar-refractivity contribution in [2.75, 3.05) is 13.1 Å². The van der Waals surface area contributed by atoms with Gasteiger partial charge < -0.3 is 5.32 Å². The molecule has 0 radical (unpaired) electrons. The lowest BCUT2D eigenvalue weighted by atomic mass is 9.96. The Morgan fingerprint density at radius 3 is 2.48 bits per heavy atom. The highest BCUT2D eigenvalue weighted by molar-refractivity contribution is 5.22. The Hall–Kier alpha value is -0.860. The van der Waals surface area contributed by atoms with Crippen molar-refractivity contribution >= 4 is 0 Å². The first-order valence-corrected chi connectivity index (χ1v) is 8.78. The third-order valence-electron chi connectivity index (χ3n) is 5.57. The van der Waals surface area contributed by atoms with Gasteiger partial charge in [-0.2, -0.15) is 0 Å². The highest BCUT2D eigenvalue weighted by atomic mass is 15.2. The van der Waals surface area contributed by atoms with Gasteiger partial charge in [-0.1, -0.05) is 44.0 Å². The monoisotopic (exact) mass is 286 g/mol. The molecule has 1 saturated heterocycles. The molecule has 1 N–H and O–H groups in total. The molecule has 0 bridgehead atoms. The van der Waals surface area contributed by atoms with Gasteiger partial charge in [0, 0.05) is 24.7 Å². The van der Waals surface area contributed by atoms with Crippen molar-refractivity contribution in [1.82, 2.24) is 10.2 Å². The Morgan fingerprint density at radius 2 is 1.81 bits per heavy atom. The highest BCUT2D eigenvalue weighted by Gasteiger charge is 2.37. The molecule has 1 aliphatic heterocycles. The molecule has 1 aromatic rings. The predicted octanol–water partition coefficient (Wildman–Crippen LogP) is 3.75. The minimum absolute atomic E-state index is 0.411. The van der Waals surface area contributed by atoms with E-state index in [2.05, 4.69) is 48.3 Å². The van der Waals surface area contributed by atoms with E-state index < -0.39 is 0 Å². The highest BCUT2D eigenvalue weighted by Crippen LogP contribution is 2.33. The molecule has 1 unspecified atom stereocenters. The SMILES string of the molecule is CCc1ccc(CN2CC3(CCCC3)NCCC2C)cc1. The molecular weight excluding hydrogens is 256 g/mol. The van der Waals surface area contributed by atoms with Gasteiger partial charge >= 0.3 is 0 Å². The smallest absolute Gasteiger partial charge is 0.0309 e. The van der Waals surface area contributed by atoms with Gasteiger partial charge in [-0.3, -0.25) is 4.90 Å². The van der Waals surface area contributed by atoms with Gasteiger partial charge in [0.05, 0.1) is 0 Å². The molecule has 1 aliphatic carbocycles. The fraction of sp³-hybridized carbons (Fsp3) is 0.684. The third kappa shape index (κ3) is 3.49. The van der Waals surface area contributed by atoms with Crippen LogP contribution in [0, 0.1) is 0 Å². The second-order valence-corrected chi connectivity index (χ2v) is 7.13. The van der Waals surface area contributed by atoms with Crippen molar-refractivity contribution in [3.05, 3.63) is 35.4 Å². The molecule has 116 valence electrons. The number of hydrogen-bond donors (Lipinski definition) is 1. The van der Waals surface area contributed by atoms with Crippen molar-refractivity contribution in [2.24, 2.45) is 0 Å². The number of rotatable bonds is 3. The molecule has 1 saturated carbocycles. The maximum atomic E-state index is 3.88. The lowest BCUT2D eigenvalue weighted by molar-refractivity contribution is 0.160. The van der Waals surface area contributed by atoms with Crippen LogP contribution in [-0.2, 0) is 13.0 Å². The molecule has 2 nitrogen and oxygen atoms in total. The van der Waals surface area contributed by atoms with E-state index in [-0.39, 0.29) is 0 Å². The zero-order chi connectivity index (χ0) is 14.7. The summed E-state index contributed by atoms with van der Waals surface area (Å²) >= 11 is 0. The first kappa shape index (κ1) is 15.1. The standard InChI is InChI=1S/C19H30N2/c1-3-17-6-8-18(9-7-17)14-21-15-19(11-4-5-12-19)20-13-10-16(21)2/h6-9,16,20H,3-5,10-15H2,1-2H3. The molecule has 0 amide bonds. The van der Waals surface area contributed by atoms with Crippen LogP contribution in [0.5, 0.6) is 0 Å². The van der Waals surface area contributed by atoms with Crippen LogP contribution in [0.1, 0.15) is 57.1 Å². The summed E-state index contributed by atoms with van der Waals surface area (Å²) in [5.74, 6) is 0. The Kier molecular flexibility index (Phi) is 4.66. The topological polar surface area (TPSA) is 15.3 Å². The second-order valence-electron chi connectivity index (χ2n) is 7.13. The summed E-state index contributed by atoms with van der Waals surface area (Å²) in [7, 11) is 0. The molecule has 0 aromatic heterocycles. The van der Waals surface area contributed by atoms with E-state index in [4.69, 9.17) is 0 Å². The van der Waals surface area contributed by atoms with E-state index in [1.807, 2.05) is 0 Å². The lowest BCUT2D eigenvalue weighted by Crippen LogP contribution is -2.49. The summed E-state index contributed by atoms with van der Waals surface area (Å²) < 4.78 is 0. The maximum Gasteiger partial charge on any atom is 0.0309 e. The molecule has 1 spiro atoms. The molecule has 1 heterocycles. The summed E-state index contributed by atoms with van der Waals surface area (Å²) in [6.45, 7) is 8.14. The predicted molar refractivity (Wildman–Crippen MR) is 89.5 cm³/mol. The minimum atomic E-state index is 0.411. The number of hydrogen-bond acceptors (Lipinski definition) is 2. The van der Waals surface area contributed by atoms with Crippen LogP contribution in [0.25, 0.3) is 0 Å². The average Bonchev–Trinajstić information content (AvgIpc) is 2.89. The largest absolute Gasteiger partial charge is 0.310 e. The van der Waals surface area contributed by atoms with Crippen molar-refractivity contribution in [3.8, 4) is 0 Å². The van der Waals surface area contributed by atoms with Gasteiger partial charge in [0.25, 0.3) is 0 Å². The van der Waals surface area contributed by atoms with E-state index in [9.17, 15) is 0 Å². The maximum absolute atomic E-state index is 3.88. The number of aryl methyl sites for hydroxylation is 1. The Morgan fingerprint density at radius 1 is 1.14 bits per heavy atom. The van der Waals surface area contributed by atoms with Crippen LogP contribution in [-0.4, -0.2) is 29.6 Å². The molecule has 21 heavy (non-hydrogen) atoms. The van der Waals surface area contributed by atoms with Gasteiger partial charge in [0.2, 0.25) is 0 Å². The second kappa shape index (κ2) is 6.50. The van der Waals surface area contributed by atoms with Crippen molar-refractivity contribution in [1.29, 1.82) is 0 Å². The summed E-state index contributed by atoms with van der Waals surface area (Å²) in [6.07, 6.45) is 7.94. The molecule has 2 fully saturated rings. The number of nitrogens with zero attached hydrogens (tertiary/aromatic N) is 1. The van der Waals surface area contributed by atoms with Crippen LogP contribution < -0.4 is 5.32 Å². The molecule has 3 rings (SSSR count). The number of nitrogens with one attached hydrogen (secondary N) is 1. The van der Waals surface area contributed by atoms with E-state index in [1.165, 1.54) is 56.3 Å². The average molecular weight is 286 g/mol. The van der Waals surface area contributed by atoms with Crippen molar-refractivity contribution < 1.29 is 0 Å². The fourth-order valence-electron chi connectivity index (χ4n) is 4.04. The first-order valence-electron chi connectivity index (χ1n) is 8.78. The number of benzene rings is 1. The zero-order valence-electron chi connectivity index (χ0n) is 13.7. The van der Waals surface area contributed by atoms with Gasteiger partial charge in [-0.15, -0.1) is 0 Å². The minimum Gasteiger partial charge on any atom is -0.310 e. The summed E-state index contributed by atoms with van der Waals surface area (Å²) in [5, 5.41) is 3.88. The molecule has 2 aliphatic rings. The normalized spacial score (nSPS) is 26.1. The quantitative estimate of drug-likeness (QED) is 0.910. The van der Waals surface area contributed by atoms with E-state index in [1.54, 1.807) is 0 Å². The van der Waals surface area contributed by atoms with Crippen molar-refractivity contribution in [2.45, 2.75) is 70.5 Å². The van der Waals surface area contributed by atoms with Crippen molar-refractivity contribution in [3.63, 3.8) is 0 Å². The zero-order valence-corrected chi connectivity index (χ0v) is 13.7. The first-order chi connectivity index (χ1) is 10.2. The molecule has 2 heteroatoms. The van der Waals surface area contributed by atoms with Gasteiger partial charge in [0.15, 0.2) is 0 Å². The Bertz CT molecular complexity index is 445. The van der Waals surface area contributed by atoms with E-state index in [0.29, 0.717) is 11.6 Å².